The fourth-order valence-corrected chi connectivity index (χ4v) is 1.64. The van der Waals surface area contributed by atoms with Gasteiger partial charge in [0.1, 0.15) is 6.61 Å². The minimum Gasteiger partial charge on any atom is -0.377 e. The van der Waals surface area contributed by atoms with Crippen LogP contribution >= 0.6 is 0 Å². The summed E-state index contributed by atoms with van der Waals surface area (Å²) in [6.07, 6.45) is 4.57. The Morgan fingerprint density at radius 1 is 1.62 bits per heavy atom. The van der Waals surface area contributed by atoms with Crippen LogP contribution in [-0.4, -0.2) is 38.5 Å². The lowest BCUT2D eigenvalue weighted by Crippen LogP contribution is -2.28. The third-order valence-electron chi connectivity index (χ3n) is 2.46. The van der Waals surface area contributed by atoms with Crippen LogP contribution in [0.4, 0.5) is 0 Å². The molecule has 0 saturated carbocycles. The molecule has 1 fully saturated rings. The fraction of sp³-hybridized carbons (Fsp3) is 0.750. The van der Waals surface area contributed by atoms with Crippen LogP contribution in [-0.2, 0) is 19.0 Å². The first-order valence-corrected chi connectivity index (χ1v) is 5.66. The highest BCUT2D eigenvalue weighted by Gasteiger charge is 2.19. The molecule has 4 nitrogen and oxygen atoms in total. The molecule has 0 aromatic heterocycles. The molecule has 1 aliphatic heterocycles. The van der Waals surface area contributed by atoms with Gasteiger partial charge in [0, 0.05) is 20.1 Å². The standard InChI is InChI=1S/C12H20O4/c1-3-11(8-10(13)9-14-2)16-12-6-4-5-7-15-12/h3,11-12H,1,4-9H2,2H3. The van der Waals surface area contributed by atoms with Gasteiger partial charge in [-0.15, -0.1) is 6.58 Å². The van der Waals surface area contributed by atoms with Crippen molar-refractivity contribution in [1.82, 2.24) is 0 Å². The van der Waals surface area contributed by atoms with E-state index < -0.39 is 0 Å². The molecule has 0 aromatic rings. The second-order valence-electron chi connectivity index (χ2n) is 3.88. The van der Waals surface area contributed by atoms with E-state index >= 15 is 0 Å². The zero-order valence-electron chi connectivity index (χ0n) is 9.81. The average molecular weight is 228 g/mol. The molecule has 2 unspecified atom stereocenters. The van der Waals surface area contributed by atoms with Crippen LogP contribution in [0.25, 0.3) is 0 Å². The molecule has 1 heterocycles. The van der Waals surface area contributed by atoms with Gasteiger partial charge in [0.15, 0.2) is 12.1 Å². The molecule has 4 heteroatoms. The summed E-state index contributed by atoms with van der Waals surface area (Å²) < 4.78 is 15.8. The third-order valence-corrected chi connectivity index (χ3v) is 2.46. The molecule has 0 aliphatic carbocycles. The maximum atomic E-state index is 11.4. The van der Waals surface area contributed by atoms with E-state index in [1.54, 1.807) is 6.08 Å². The largest absolute Gasteiger partial charge is 0.377 e. The fourth-order valence-electron chi connectivity index (χ4n) is 1.64. The zero-order valence-corrected chi connectivity index (χ0v) is 9.81. The Kier molecular flexibility index (Phi) is 6.30. The summed E-state index contributed by atoms with van der Waals surface area (Å²) in [7, 11) is 1.51. The highest BCUT2D eigenvalue weighted by atomic mass is 16.7. The van der Waals surface area contributed by atoms with Gasteiger partial charge in [-0.05, 0) is 19.3 Å². The van der Waals surface area contributed by atoms with Gasteiger partial charge >= 0.3 is 0 Å². The summed E-state index contributed by atoms with van der Waals surface area (Å²) in [6.45, 7) is 4.53. The molecule has 16 heavy (non-hydrogen) atoms. The van der Waals surface area contributed by atoms with Crippen molar-refractivity contribution >= 4 is 5.78 Å². The molecule has 1 aliphatic rings. The molecule has 0 N–H and O–H groups in total. The Labute approximate surface area is 96.6 Å². The lowest BCUT2D eigenvalue weighted by Gasteiger charge is -2.26. The molecule has 0 aromatic carbocycles. The van der Waals surface area contributed by atoms with E-state index in [0.29, 0.717) is 6.42 Å². The van der Waals surface area contributed by atoms with Crippen LogP contribution in [0, 0.1) is 0 Å². The van der Waals surface area contributed by atoms with Crippen LogP contribution in [0.2, 0.25) is 0 Å². The number of rotatable bonds is 7. The SMILES string of the molecule is C=CC(CC(=O)COC)OC1CCCCO1. The van der Waals surface area contributed by atoms with E-state index in [9.17, 15) is 4.79 Å². The monoisotopic (exact) mass is 228 g/mol. The van der Waals surface area contributed by atoms with E-state index in [2.05, 4.69) is 6.58 Å². The van der Waals surface area contributed by atoms with Gasteiger partial charge in [0.25, 0.3) is 0 Å². The lowest BCUT2D eigenvalue weighted by molar-refractivity contribution is -0.180. The lowest BCUT2D eigenvalue weighted by atomic mass is 10.1. The predicted molar refractivity (Wildman–Crippen MR) is 60.2 cm³/mol. The number of methoxy groups -OCH3 is 1. The van der Waals surface area contributed by atoms with Crippen LogP contribution in [0.5, 0.6) is 0 Å². The zero-order chi connectivity index (χ0) is 11.8. The van der Waals surface area contributed by atoms with Gasteiger partial charge in [-0.1, -0.05) is 6.08 Å². The van der Waals surface area contributed by atoms with E-state index in [-0.39, 0.29) is 24.8 Å². The Bertz CT molecular complexity index is 221. The van der Waals surface area contributed by atoms with Gasteiger partial charge < -0.3 is 14.2 Å². The normalized spacial score (nSPS) is 22.7. The van der Waals surface area contributed by atoms with Crippen molar-refractivity contribution in [3.63, 3.8) is 0 Å². The average Bonchev–Trinajstić information content (AvgIpc) is 2.30. The van der Waals surface area contributed by atoms with Gasteiger partial charge in [-0.3, -0.25) is 4.79 Å². The number of ether oxygens (including phenoxy) is 3. The first-order valence-electron chi connectivity index (χ1n) is 5.66. The van der Waals surface area contributed by atoms with Gasteiger partial charge in [0.2, 0.25) is 0 Å². The summed E-state index contributed by atoms with van der Waals surface area (Å²) in [5.74, 6) is 0.0169. The Morgan fingerprint density at radius 3 is 3.00 bits per heavy atom. The smallest absolute Gasteiger partial charge is 0.161 e. The molecular weight excluding hydrogens is 208 g/mol. The second-order valence-corrected chi connectivity index (χ2v) is 3.88. The van der Waals surface area contributed by atoms with Gasteiger partial charge in [0.05, 0.1) is 6.10 Å². The summed E-state index contributed by atoms with van der Waals surface area (Å²) in [4.78, 5) is 11.4. The number of carbonyl (C=O) groups excluding carboxylic acids is 1. The molecule has 0 spiro atoms. The van der Waals surface area contributed by atoms with Crippen molar-refractivity contribution in [3.05, 3.63) is 12.7 Å². The molecule has 1 saturated heterocycles. The van der Waals surface area contributed by atoms with E-state index in [1.165, 1.54) is 7.11 Å². The first kappa shape index (κ1) is 13.4. The van der Waals surface area contributed by atoms with E-state index in [1.807, 2.05) is 0 Å². The molecule has 1 rings (SSSR count). The highest BCUT2D eigenvalue weighted by molar-refractivity contribution is 5.80. The number of carbonyl (C=O) groups is 1. The maximum absolute atomic E-state index is 11.4. The van der Waals surface area contributed by atoms with Crippen molar-refractivity contribution in [2.24, 2.45) is 0 Å². The maximum Gasteiger partial charge on any atom is 0.161 e. The molecular formula is C12H20O4. The summed E-state index contributed by atoms with van der Waals surface area (Å²) in [5, 5.41) is 0. The predicted octanol–water partition coefficient (Wildman–Crippen LogP) is 1.69. The van der Waals surface area contributed by atoms with Crippen molar-refractivity contribution in [2.75, 3.05) is 20.3 Å². The molecule has 2 atom stereocenters. The van der Waals surface area contributed by atoms with E-state index in [0.717, 1.165) is 25.9 Å². The number of Topliss-reactive ketones (excluding diaryl/α,β-unsaturated/α-hetero) is 1. The van der Waals surface area contributed by atoms with Crippen molar-refractivity contribution in [1.29, 1.82) is 0 Å². The number of hydrogen-bond acceptors (Lipinski definition) is 4. The minimum atomic E-state index is -0.272. The molecule has 0 bridgehead atoms. The highest BCUT2D eigenvalue weighted by Crippen LogP contribution is 2.17. The Hall–Kier alpha value is -0.710. The topological polar surface area (TPSA) is 44.8 Å². The minimum absolute atomic E-state index is 0.0169. The van der Waals surface area contributed by atoms with Crippen LogP contribution in [0.15, 0.2) is 12.7 Å². The summed E-state index contributed by atoms with van der Waals surface area (Å²) in [6, 6.07) is 0. The quantitative estimate of drug-likeness (QED) is 0.622. The van der Waals surface area contributed by atoms with Gasteiger partial charge in [-0.25, -0.2) is 0 Å². The first-order chi connectivity index (χ1) is 7.76. The van der Waals surface area contributed by atoms with Crippen LogP contribution < -0.4 is 0 Å². The molecule has 92 valence electrons. The van der Waals surface area contributed by atoms with Gasteiger partial charge in [-0.2, -0.15) is 0 Å². The third kappa shape index (κ3) is 4.88. The Morgan fingerprint density at radius 2 is 2.44 bits per heavy atom. The summed E-state index contributed by atoms with van der Waals surface area (Å²) in [5.41, 5.74) is 0. The number of ketones is 1. The molecule has 0 amide bonds. The van der Waals surface area contributed by atoms with E-state index in [4.69, 9.17) is 14.2 Å². The number of hydrogen-bond donors (Lipinski definition) is 0. The van der Waals surface area contributed by atoms with Crippen LogP contribution in [0.3, 0.4) is 0 Å². The Balaban J connectivity index is 2.29. The van der Waals surface area contributed by atoms with Crippen molar-refractivity contribution in [2.45, 2.75) is 38.1 Å². The van der Waals surface area contributed by atoms with Crippen molar-refractivity contribution in [3.8, 4) is 0 Å². The van der Waals surface area contributed by atoms with Crippen LogP contribution in [0.1, 0.15) is 25.7 Å². The van der Waals surface area contributed by atoms with Crippen molar-refractivity contribution < 1.29 is 19.0 Å². The summed E-state index contributed by atoms with van der Waals surface area (Å²) >= 11 is 0. The molecule has 0 radical (unpaired) electrons. The second kappa shape index (κ2) is 7.54.